The minimum Gasteiger partial charge on any atom is -0.497 e. The van der Waals surface area contributed by atoms with Crippen LogP contribution in [0, 0.1) is 5.92 Å². The van der Waals surface area contributed by atoms with Gasteiger partial charge in [-0.3, -0.25) is 0 Å². The molecule has 0 saturated heterocycles. The van der Waals surface area contributed by atoms with Crippen LogP contribution < -0.4 is 10.1 Å². The largest absolute Gasteiger partial charge is 0.497 e. The first-order valence-corrected chi connectivity index (χ1v) is 7.68. The molecule has 106 valence electrons. The maximum absolute atomic E-state index is 5.31. The topological polar surface area (TPSA) is 21.3 Å². The first-order valence-electron chi connectivity index (χ1n) is 7.68. The Kier molecular flexibility index (Phi) is 5.71. The summed E-state index contributed by atoms with van der Waals surface area (Å²) >= 11 is 0. The van der Waals surface area contributed by atoms with E-state index in [0.29, 0.717) is 0 Å². The third-order valence-corrected chi connectivity index (χ3v) is 4.12. The lowest BCUT2D eigenvalue weighted by molar-refractivity contribution is 0.284. The highest BCUT2D eigenvalue weighted by Gasteiger charge is 2.21. The smallest absolute Gasteiger partial charge is 0.119 e. The summed E-state index contributed by atoms with van der Waals surface area (Å²) in [7, 11) is 1.74. The van der Waals surface area contributed by atoms with Gasteiger partial charge in [0.25, 0.3) is 0 Å². The highest BCUT2D eigenvalue weighted by Crippen LogP contribution is 2.28. The third-order valence-electron chi connectivity index (χ3n) is 4.12. The monoisotopic (exact) mass is 261 g/mol. The molecular weight excluding hydrogens is 234 g/mol. The van der Waals surface area contributed by atoms with Crippen molar-refractivity contribution in [1.82, 2.24) is 5.32 Å². The highest BCUT2D eigenvalue weighted by molar-refractivity contribution is 5.28. The summed E-state index contributed by atoms with van der Waals surface area (Å²) < 4.78 is 5.31. The Morgan fingerprint density at radius 3 is 3.00 bits per heavy atom. The van der Waals surface area contributed by atoms with Crippen molar-refractivity contribution < 1.29 is 4.74 Å². The Labute approximate surface area is 117 Å². The third kappa shape index (κ3) is 4.54. The molecule has 0 amide bonds. The molecule has 1 aromatic rings. The molecule has 2 heteroatoms. The van der Waals surface area contributed by atoms with Crippen LogP contribution in [0.1, 0.15) is 44.6 Å². The molecule has 2 rings (SSSR count). The van der Waals surface area contributed by atoms with Gasteiger partial charge in [0, 0.05) is 6.04 Å². The molecule has 2 nitrogen and oxygen atoms in total. The van der Waals surface area contributed by atoms with Gasteiger partial charge in [0.2, 0.25) is 0 Å². The molecule has 19 heavy (non-hydrogen) atoms. The van der Waals surface area contributed by atoms with Gasteiger partial charge in [-0.25, -0.2) is 0 Å². The zero-order valence-electron chi connectivity index (χ0n) is 12.3. The van der Waals surface area contributed by atoms with E-state index in [0.717, 1.165) is 24.3 Å². The molecule has 1 aliphatic carbocycles. The Bertz CT molecular complexity index is 377. The van der Waals surface area contributed by atoms with Crippen LogP contribution >= 0.6 is 0 Å². The van der Waals surface area contributed by atoms with Crippen molar-refractivity contribution in [3.8, 4) is 5.75 Å². The van der Waals surface area contributed by atoms with Crippen molar-refractivity contribution in [3.05, 3.63) is 29.8 Å². The van der Waals surface area contributed by atoms with Crippen LogP contribution in [0.5, 0.6) is 5.75 Å². The normalized spacial score (nSPS) is 23.3. The molecule has 0 aliphatic heterocycles. The average Bonchev–Trinajstić information content (AvgIpc) is 2.46. The number of nitrogens with one attached hydrogen (secondary N) is 1. The second-order valence-corrected chi connectivity index (χ2v) is 5.74. The molecule has 2 unspecified atom stereocenters. The summed E-state index contributed by atoms with van der Waals surface area (Å²) in [6.45, 7) is 3.40. The first-order chi connectivity index (χ1) is 9.31. The molecule has 0 aromatic heterocycles. The number of rotatable bonds is 6. The number of methoxy groups -OCH3 is 1. The fraction of sp³-hybridized carbons (Fsp3) is 0.647. The molecule has 0 radical (unpaired) electrons. The molecule has 0 bridgehead atoms. The van der Waals surface area contributed by atoms with Crippen molar-refractivity contribution in [1.29, 1.82) is 0 Å². The van der Waals surface area contributed by atoms with Gasteiger partial charge in [-0.05, 0) is 55.8 Å². The Morgan fingerprint density at radius 1 is 1.32 bits per heavy atom. The number of benzene rings is 1. The van der Waals surface area contributed by atoms with Crippen LogP contribution in [-0.4, -0.2) is 19.7 Å². The molecule has 2 atom stereocenters. The van der Waals surface area contributed by atoms with Crippen molar-refractivity contribution in [2.75, 3.05) is 13.7 Å². The molecule has 0 spiro atoms. The summed E-state index contributed by atoms with van der Waals surface area (Å²) in [6, 6.07) is 9.28. The SMILES string of the molecule is CCCNC1CCCC(Cc2cccc(OC)c2)C1. The van der Waals surface area contributed by atoms with E-state index in [1.54, 1.807) is 7.11 Å². The van der Waals surface area contributed by atoms with Crippen molar-refractivity contribution in [2.45, 2.75) is 51.5 Å². The standard InChI is InChI=1S/C17H27NO/c1-3-10-18-16-8-4-6-14(12-16)11-15-7-5-9-17(13-15)19-2/h5,7,9,13-14,16,18H,3-4,6,8,10-12H2,1-2H3. The predicted molar refractivity (Wildman–Crippen MR) is 80.7 cm³/mol. The van der Waals surface area contributed by atoms with E-state index in [4.69, 9.17) is 4.74 Å². The summed E-state index contributed by atoms with van der Waals surface area (Å²) in [6.07, 6.45) is 7.86. The van der Waals surface area contributed by atoms with E-state index in [1.165, 1.54) is 44.1 Å². The van der Waals surface area contributed by atoms with Crippen LogP contribution in [0.3, 0.4) is 0 Å². The Balaban J connectivity index is 1.87. The van der Waals surface area contributed by atoms with Crippen molar-refractivity contribution >= 4 is 0 Å². The maximum Gasteiger partial charge on any atom is 0.119 e. The average molecular weight is 261 g/mol. The summed E-state index contributed by atoms with van der Waals surface area (Å²) in [5.41, 5.74) is 1.42. The van der Waals surface area contributed by atoms with Crippen molar-refractivity contribution in [3.63, 3.8) is 0 Å². The van der Waals surface area contributed by atoms with Gasteiger partial charge >= 0.3 is 0 Å². The molecule has 0 heterocycles. The molecule has 1 N–H and O–H groups in total. The van der Waals surface area contributed by atoms with Crippen LogP contribution in [-0.2, 0) is 6.42 Å². The van der Waals surface area contributed by atoms with Crippen LogP contribution in [0.2, 0.25) is 0 Å². The minimum atomic E-state index is 0.740. The van der Waals surface area contributed by atoms with Gasteiger partial charge in [-0.15, -0.1) is 0 Å². The molecular formula is C17H27NO. The highest BCUT2D eigenvalue weighted by atomic mass is 16.5. The van der Waals surface area contributed by atoms with Gasteiger partial charge in [0.15, 0.2) is 0 Å². The van der Waals surface area contributed by atoms with Gasteiger partial charge in [0.05, 0.1) is 7.11 Å². The van der Waals surface area contributed by atoms with E-state index < -0.39 is 0 Å². The van der Waals surface area contributed by atoms with Gasteiger partial charge < -0.3 is 10.1 Å². The zero-order valence-corrected chi connectivity index (χ0v) is 12.3. The summed E-state index contributed by atoms with van der Waals surface area (Å²) in [5, 5.41) is 3.68. The van der Waals surface area contributed by atoms with Crippen molar-refractivity contribution in [2.24, 2.45) is 5.92 Å². The van der Waals surface area contributed by atoms with E-state index >= 15 is 0 Å². The lowest BCUT2D eigenvalue weighted by atomic mass is 9.82. The maximum atomic E-state index is 5.31. The lowest BCUT2D eigenvalue weighted by Crippen LogP contribution is -2.35. The molecule has 1 saturated carbocycles. The van der Waals surface area contributed by atoms with Gasteiger partial charge in [-0.1, -0.05) is 31.9 Å². The molecule has 1 aliphatic rings. The van der Waals surface area contributed by atoms with Crippen LogP contribution in [0.15, 0.2) is 24.3 Å². The fourth-order valence-corrected chi connectivity index (χ4v) is 3.14. The zero-order chi connectivity index (χ0) is 13.5. The molecule has 1 fully saturated rings. The van der Waals surface area contributed by atoms with E-state index in [-0.39, 0.29) is 0 Å². The lowest BCUT2D eigenvalue weighted by Gasteiger charge is -2.30. The minimum absolute atomic E-state index is 0.740. The molecule has 1 aromatic carbocycles. The number of ether oxygens (including phenoxy) is 1. The Morgan fingerprint density at radius 2 is 2.21 bits per heavy atom. The van der Waals surface area contributed by atoms with E-state index in [9.17, 15) is 0 Å². The van der Waals surface area contributed by atoms with Crippen LogP contribution in [0.4, 0.5) is 0 Å². The number of hydrogen-bond acceptors (Lipinski definition) is 2. The van der Waals surface area contributed by atoms with Gasteiger partial charge in [0.1, 0.15) is 5.75 Å². The fourth-order valence-electron chi connectivity index (χ4n) is 3.14. The second kappa shape index (κ2) is 7.54. The second-order valence-electron chi connectivity index (χ2n) is 5.74. The predicted octanol–water partition coefficient (Wildman–Crippen LogP) is 3.80. The number of hydrogen-bond donors (Lipinski definition) is 1. The van der Waals surface area contributed by atoms with Gasteiger partial charge in [-0.2, -0.15) is 0 Å². The Hall–Kier alpha value is -1.02. The first kappa shape index (κ1) is 14.4. The summed E-state index contributed by atoms with van der Waals surface area (Å²) in [5.74, 6) is 1.81. The van der Waals surface area contributed by atoms with E-state index in [1.807, 2.05) is 6.07 Å². The quantitative estimate of drug-likeness (QED) is 0.841. The van der Waals surface area contributed by atoms with Crippen LogP contribution in [0.25, 0.3) is 0 Å². The summed E-state index contributed by atoms with van der Waals surface area (Å²) in [4.78, 5) is 0. The van der Waals surface area contributed by atoms with E-state index in [2.05, 4.69) is 30.4 Å².